The lowest BCUT2D eigenvalue weighted by Gasteiger charge is -2.18. The summed E-state index contributed by atoms with van der Waals surface area (Å²) in [6.45, 7) is 1.64. The van der Waals surface area contributed by atoms with Crippen molar-refractivity contribution < 1.29 is 4.39 Å². The Hall–Kier alpha value is -1.09. The molecule has 1 aromatic carbocycles. The van der Waals surface area contributed by atoms with Crippen molar-refractivity contribution in [3.05, 3.63) is 30.1 Å². The summed E-state index contributed by atoms with van der Waals surface area (Å²) in [6, 6.07) is 6.63. The summed E-state index contributed by atoms with van der Waals surface area (Å²) in [7, 11) is 1.96. The van der Waals surface area contributed by atoms with E-state index in [0.29, 0.717) is 0 Å². The first kappa shape index (κ1) is 11.0. The number of rotatable bonds is 5. The fraction of sp³-hybridized carbons (Fsp3) is 0.455. The third kappa shape index (κ3) is 3.34. The Morgan fingerprint density at radius 2 is 2.14 bits per heavy atom. The van der Waals surface area contributed by atoms with Crippen LogP contribution in [-0.4, -0.2) is 20.1 Å². The molecule has 3 heteroatoms. The molecule has 0 amide bonds. The highest BCUT2D eigenvalue weighted by molar-refractivity contribution is 5.45. The molecule has 0 aliphatic heterocycles. The first-order chi connectivity index (χ1) is 6.74. The molecule has 0 saturated heterocycles. The van der Waals surface area contributed by atoms with Crippen LogP contribution < -0.4 is 10.6 Å². The van der Waals surface area contributed by atoms with E-state index >= 15 is 0 Å². The monoisotopic (exact) mass is 196 g/mol. The second-order valence-corrected chi connectivity index (χ2v) is 3.40. The highest BCUT2D eigenvalue weighted by atomic mass is 19.1. The van der Waals surface area contributed by atoms with Crippen molar-refractivity contribution in [2.75, 3.05) is 25.0 Å². The Morgan fingerprint density at radius 1 is 1.36 bits per heavy atom. The molecular weight excluding hydrogens is 179 g/mol. The average Bonchev–Trinajstić information content (AvgIpc) is 2.18. The van der Waals surface area contributed by atoms with E-state index in [4.69, 9.17) is 5.73 Å². The molecule has 2 N–H and O–H groups in total. The smallest absolute Gasteiger partial charge is 0.125 e. The standard InChI is InChI=1S/C11H17FN2/c1-14(8-3-2-7-13)11-6-4-5-10(12)9-11/h4-6,9H,2-3,7-8,13H2,1H3. The maximum absolute atomic E-state index is 12.9. The molecule has 0 aromatic heterocycles. The number of nitrogens with zero attached hydrogens (tertiary/aromatic N) is 1. The van der Waals surface area contributed by atoms with Crippen molar-refractivity contribution in [2.24, 2.45) is 5.73 Å². The summed E-state index contributed by atoms with van der Waals surface area (Å²) in [5.41, 5.74) is 6.32. The second-order valence-electron chi connectivity index (χ2n) is 3.40. The van der Waals surface area contributed by atoms with Crippen molar-refractivity contribution in [3.63, 3.8) is 0 Å². The third-order valence-electron chi connectivity index (χ3n) is 2.20. The summed E-state index contributed by atoms with van der Waals surface area (Å²) in [5.74, 6) is -0.187. The normalized spacial score (nSPS) is 10.2. The second kappa shape index (κ2) is 5.60. The van der Waals surface area contributed by atoms with Crippen molar-refractivity contribution in [1.29, 1.82) is 0 Å². The number of halogens is 1. The Labute approximate surface area is 84.5 Å². The molecule has 2 nitrogen and oxygen atoms in total. The van der Waals surface area contributed by atoms with Crippen LogP contribution in [-0.2, 0) is 0 Å². The van der Waals surface area contributed by atoms with E-state index in [1.807, 2.05) is 18.0 Å². The van der Waals surface area contributed by atoms with E-state index in [0.717, 1.165) is 31.6 Å². The predicted octanol–water partition coefficient (Wildman–Crippen LogP) is 2.00. The van der Waals surface area contributed by atoms with Crippen molar-refractivity contribution >= 4 is 5.69 Å². The molecule has 14 heavy (non-hydrogen) atoms. The largest absolute Gasteiger partial charge is 0.375 e. The zero-order valence-corrected chi connectivity index (χ0v) is 8.54. The maximum atomic E-state index is 12.9. The molecule has 0 fully saturated rings. The maximum Gasteiger partial charge on any atom is 0.125 e. The van der Waals surface area contributed by atoms with E-state index < -0.39 is 0 Å². The minimum absolute atomic E-state index is 0.187. The first-order valence-electron chi connectivity index (χ1n) is 4.91. The number of hydrogen-bond acceptors (Lipinski definition) is 2. The summed E-state index contributed by atoms with van der Waals surface area (Å²) < 4.78 is 12.9. The van der Waals surface area contributed by atoms with Crippen molar-refractivity contribution in [3.8, 4) is 0 Å². The topological polar surface area (TPSA) is 29.3 Å². The van der Waals surface area contributed by atoms with Gasteiger partial charge >= 0.3 is 0 Å². The molecule has 78 valence electrons. The fourth-order valence-electron chi connectivity index (χ4n) is 1.34. The van der Waals surface area contributed by atoms with Gasteiger partial charge in [0.05, 0.1) is 0 Å². The summed E-state index contributed by atoms with van der Waals surface area (Å²) in [5, 5.41) is 0. The van der Waals surface area contributed by atoms with Gasteiger partial charge < -0.3 is 10.6 Å². The van der Waals surface area contributed by atoms with Crippen LogP contribution in [0.1, 0.15) is 12.8 Å². The molecule has 1 aromatic rings. The Kier molecular flexibility index (Phi) is 4.40. The van der Waals surface area contributed by atoms with E-state index in [1.54, 1.807) is 12.1 Å². The highest BCUT2D eigenvalue weighted by Crippen LogP contribution is 2.13. The van der Waals surface area contributed by atoms with Crippen LogP contribution in [0.5, 0.6) is 0 Å². The Bertz CT molecular complexity index is 276. The molecule has 0 bridgehead atoms. The minimum atomic E-state index is -0.187. The zero-order valence-electron chi connectivity index (χ0n) is 8.54. The highest BCUT2D eigenvalue weighted by Gasteiger charge is 2.00. The van der Waals surface area contributed by atoms with Gasteiger partial charge in [0, 0.05) is 19.3 Å². The van der Waals surface area contributed by atoms with Gasteiger partial charge in [0.1, 0.15) is 5.82 Å². The predicted molar refractivity (Wildman–Crippen MR) is 58.0 cm³/mol. The van der Waals surface area contributed by atoms with Crippen molar-refractivity contribution in [1.82, 2.24) is 0 Å². The number of unbranched alkanes of at least 4 members (excludes halogenated alkanes) is 1. The van der Waals surface area contributed by atoms with E-state index in [-0.39, 0.29) is 5.82 Å². The van der Waals surface area contributed by atoms with Gasteiger partial charge in [-0.1, -0.05) is 6.07 Å². The number of anilines is 1. The molecule has 0 spiro atoms. The molecule has 0 heterocycles. The van der Waals surface area contributed by atoms with Gasteiger partial charge in [0.25, 0.3) is 0 Å². The quantitative estimate of drug-likeness (QED) is 0.730. The van der Waals surface area contributed by atoms with Crippen LogP contribution in [0.15, 0.2) is 24.3 Å². The molecule has 0 atom stereocenters. The van der Waals surface area contributed by atoms with Gasteiger partial charge in [-0.15, -0.1) is 0 Å². The SMILES string of the molecule is CN(CCCCN)c1cccc(F)c1. The van der Waals surface area contributed by atoms with Gasteiger partial charge in [-0.2, -0.15) is 0 Å². The van der Waals surface area contributed by atoms with E-state index in [9.17, 15) is 4.39 Å². The van der Waals surface area contributed by atoms with Gasteiger partial charge in [0.15, 0.2) is 0 Å². The molecule has 0 unspecified atom stereocenters. The Balaban J connectivity index is 2.47. The summed E-state index contributed by atoms with van der Waals surface area (Å²) >= 11 is 0. The third-order valence-corrected chi connectivity index (χ3v) is 2.20. The van der Waals surface area contributed by atoms with Crippen LogP contribution in [0.2, 0.25) is 0 Å². The molecule has 0 radical (unpaired) electrons. The lowest BCUT2D eigenvalue weighted by atomic mass is 10.2. The van der Waals surface area contributed by atoms with Crippen LogP contribution in [0.25, 0.3) is 0 Å². The van der Waals surface area contributed by atoms with Gasteiger partial charge in [0.2, 0.25) is 0 Å². The number of benzene rings is 1. The lowest BCUT2D eigenvalue weighted by Crippen LogP contribution is -2.19. The number of nitrogens with two attached hydrogens (primary N) is 1. The van der Waals surface area contributed by atoms with Crippen LogP contribution in [0.4, 0.5) is 10.1 Å². The van der Waals surface area contributed by atoms with Crippen molar-refractivity contribution in [2.45, 2.75) is 12.8 Å². The molecule has 0 aliphatic rings. The molecular formula is C11H17FN2. The number of hydrogen-bond donors (Lipinski definition) is 1. The van der Waals surface area contributed by atoms with E-state index in [1.165, 1.54) is 6.07 Å². The van der Waals surface area contributed by atoms with Gasteiger partial charge in [-0.05, 0) is 37.6 Å². The molecule has 0 aliphatic carbocycles. The minimum Gasteiger partial charge on any atom is -0.375 e. The average molecular weight is 196 g/mol. The summed E-state index contributed by atoms with van der Waals surface area (Å²) in [4.78, 5) is 2.04. The molecule has 1 rings (SSSR count). The molecule has 0 saturated carbocycles. The zero-order chi connectivity index (χ0) is 10.4. The summed E-state index contributed by atoms with van der Waals surface area (Å²) in [6.07, 6.45) is 2.06. The van der Waals surface area contributed by atoms with Crippen LogP contribution in [0, 0.1) is 5.82 Å². The van der Waals surface area contributed by atoms with Gasteiger partial charge in [-0.3, -0.25) is 0 Å². The first-order valence-corrected chi connectivity index (χ1v) is 4.91. The fourth-order valence-corrected chi connectivity index (χ4v) is 1.34. The lowest BCUT2D eigenvalue weighted by molar-refractivity contribution is 0.626. The van der Waals surface area contributed by atoms with Crippen LogP contribution in [0.3, 0.4) is 0 Å². The van der Waals surface area contributed by atoms with E-state index in [2.05, 4.69) is 0 Å². The van der Waals surface area contributed by atoms with Crippen LogP contribution >= 0.6 is 0 Å². The van der Waals surface area contributed by atoms with Gasteiger partial charge in [-0.25, -0.2) is 4.39 Å². The Morgan fingerprint density at radius 3 is 2.79 bits per heavy atom.